The molecule has 0 unspecified atom stereocenters. The van der Waals surface area contributed by atoms with E-state index in [2.05, 4.69) is 16.0 Å². The molecular weight excluding hydrogens is 747 g/mol. The van der Waals surface area contributed by atoms with Gasteiger partial charge < -0.3 is 25.4 Å². The van der Waals surface area contributed by atoms with E-state index in [0.717, 1.165) is 12.5 Å². The molecule has 2 heterocycles. The van der Waals surface area contributed by atoms with Crippen LogP contribution in [0.5, 0.6) is 11.5 Å². The fourth-order valence-electron chi connectivity index (χ4n) is 5.03. The van der Waals surface area contributed by atoms with E-state index in [1.807, 2.05) is 13.8 Å². The third-order valence-electron chi connectivity index (χ3n) is 7.58. The highest BCUT2D eigenvalue weighted by molar-refractivity contribution is 7.96. The first-order valence-corrected chi connectivity index (χ1v) is 21.1. The molecule has 0 saturated heterocycles. The van der Waals surface area contributed by atoms with Crippen molar-refractivity contribution in [2.24, 2.45) is 5.14 Å². The van der Waals surface area contributed by atoms with Crippen LogP contribution >= 0.6 is 11.3 Å². The zero-order valence-corrected chi connectivity index (χ0v) is 31.2. The summed E-state index contributed by atoms with van der Waals surface area (Å²) in [6.45, 7) is 4.50. The van der Waals surface area contributed by atoms with Crippen LogP contribution in [0.4, 0.5) is 5.69 Å². The summed E-state index contributed by atoms with van der Waals surface area (Å²) in [5, 5.41) is 13.1. The number of sulfone groups is 1. The molecule has 1 aliphatic heterocycles. The molecule has 2 aromatic carbocycles. The quantitative estimate of drug-likeness (QED) is 0.104. The highest BCUT2D eigenvalue weighted by Gasteiger charge is 2.39. The number of hydrogen-bond donors (Lipinski definition) is 5. The molecule has 1 aliphatic rings. The zero-order chi connectivity index (χ0) is 37.6. The third kappa shape index (κ3) is 9.83. The van der Waals surface area contributed by atoms with Crippen LogP contribution in [0.25, 0.3) is 0 Å². The monoisotopic (exact) mass is 785 g/mol. The van der Waals surface area contributed by atoms with Gasteiger partial charge in [-0.3, -0.25) is 9.59 Å². The van der Waals surface area contributed by atoms with E-state index >= 15 is 0 Å². The van der Waals surface area contributed by atoms with E-state index in [4.69, 9.17) is 14.6 Å². The summed E-state index contributed by atoms with van der Waals surface area (Å²) in [5.74, 6) is -3.07. The maximum Gasteiger partial charge on any atom is 0.338 e. The van der Waals surface area contributed by atoms with E-state index in [1.54, 1.807) is 42.0 Å². The average molecular weight is 786 g/mol. The van der Waals surface area contributed by atoms with Crippen LogP contribution in [0.1, 0.15) is 62.0 Å². The van der Waals surface area contributed by atoms with Crippen molar-refractivity contribution in [3.05, 3.63) is 59.7 Å². The van der Waals surface area contributed by atoms with Gasteiger partial charge in [-0.2, -0.15) is 0 Å². The summed E-state index contributed by atoms with van der Waals surface area (Å²) in [6, 6.07) is 11.4. The van der Waals surface area contributed by atoms with Gasteiger partial charge in [0.1, 0.15) is 19.1 Å². The molecule has 3 aromatic rings. The van der Waals surface area contributed by atoms with E-state index in [9.17, 15) is 39.6 Å². The maximum absolute atomic E-state index is 13.0. The number of hydrogen-bond acceptors (Lipinski definition) is 14. The van der Waals surface area contributed by atoms with Gasteiger partial charge in [0.2, 0.25) is 10.0 Å². The van der Waals surface area contributed by atoms with Crippen LogP contribution in [0.3, 0.4) is 0 Å². The molecule has 0 bridgehead atoms. The Morgan fingerprint density at radius 1 is 1.02 bits per heavy atom. The molecule has 16 nitrogen and oxygen atoms in total. The predicted octanol–water partition coefficient (Wildman–Crippen LogP) is 2.39. The topological polar surface area (TPSA) is 246 Å². The Hall–Kier alpha value is -4.08. The highest BCUT2D eigenvalue weighted by Crippen LogP contribution is 2.43. The number of rotatable bonds is 16. The number of unbranched alkanes of at least 4 members (excludes halogenated alkanes) is 1. The van der Waals surface area contributed by atoms with Crippen LogP contribution in [-0.2, 0) is 44.2 Å². The molecular formula is C31H39N5O11S4. The van der Waals surface area contributed by atoms with E-state index < -0.39 is 77.0 Å². The fraction of sp³-hybridized carbons (Fsp3) is 0.387. The first kappa shape index (κ1) is 39.7. The van der Waals surface area contributed by atoms with Crippen molar-refractivity contribution in [1.82, 2.24) is 15.4 Å². The van der Waals surface area contributed by atoms with Crippen LogP contribution in [0, 0.1) is 0 Å². The lowest BCUT2D eigenvalue weighted by Gasteiger charge is -2.27. The average Bonchev–Trinajstić information content (AvgIpc) is 3.54. The number of carbonyl (C=O) groups is 3. The second kappa shape index (κ2) is 16.5. The number of fused-ring (bicyclic) bond motifs is 1. The second-order valence-corrected chi connectivity index (χ2v) is 18.5. The SMILES string of the molecule is CCCCNc1cc(C(=O)OCC(=O)NCC(=O)NS(=O)(=O)c2cc3c(s2)S(=O)(=O)[C@@H](C)C[C@@H]3NCC)cc(S(N)(=O)=O)c1Oc1ccccc1. The van der Waals surface area contributed by atoms with E-state index in [1.165, 1.54) is 12.1 Å². The normalized spacial score (nSPS) is 16.8. The number of sulfonamides is 2. The minimum Gasteiger partial charge on any atom is -0.454 e. The molecule has 0 radical (unpaired) electrons. The van der Waals surface area contributed by atoms with Crippen LogP contribution in [0.15, 0.2) is 61.8 Å². The summed E-state index contributed by atoms with van der Waals surface area (Å²) >= 11 is 0.535. The fourth-order valence-corrected chi connectivity index (χ4v) is 10.7. The number of esters is 1. The van der Waals surface area contributed by atoms with Gasteiger partial charge in [-0.05, 0) is 56.6 Å². The molecule has 2 amide bonds. The van der Waals surface area contributed by atoms with Crippen LogP contribution in [0.2, 0.25) is 0 Å². The van der Waals surface area contributed by atoms with E-state index in [-0.39, 0.29) is 31.8 Å². The lowest BCUT2D eigenvalue weighted by molar-refractivity contribution is -0.127. The van der Waals surface area contributed by atoms with Gasteiger partial charge in [0, 0.05) is 18.2 Å². The number of nitrogens with two attached hydrogens (primary N) is 1. The molecule has 0 spiro atoms. The van der Waals surface area contributed by atoms with Crippen molar-refractivity contribution in [3.8, 4) is 11.5 Å². The Morgan fingerprint density at radius 2 is 1.73 bits per heavy atom. The number of carbonyl (C=O) groups excluding carboxylic acids is 3. The largest absolute Gasteiger partial charge is 0.454 e. The molecule has 20 heteroatoms. The molecule has 51 heavy (non-hydrogen) atoms. The van der Waals surface area contributed by atoms with Crippen molar-refractivity contribution < 1.29 is 49.1 Å². The molecule has 6 N–H and O–H groups in total. The van der Waals surface area contributed by atoms with Gasteiger partial charge in [0.15, 0.2) is 22.2 Å². The van der Waals surface area contributed by atoms with Crippen molar-refractivity contribution in [2.75, 3.05) is 31.6 Å². The van der Waals surface area contributed by atoms with Crippen molar-refractivity contribution in [3.63, 3.8) is 0 Å². The molecule has 0 saturated carbocycles. The van der Waals surface area contributed by atoms with Gasteiger partial charge in [0.25, 0.3) is 21.8 Å². The van der Waals surface area contributed by atoms with Gasteiger partial charge in [-0.15, -0.1) is 11.3 Å². The summed E-state index contributed by atoms with van der Waals surface area (Å²) in [4.78, 5) is 37.4. The Bertz CT molecular complexity index is 2100. The molecule has 2 atom stereocenters. The van der Waals surface area contributed by atoms with Gasteiger partial charge in [0.05, 0.1) is 23.0 Å². The number of nitrogens with one attached hydrogen (secondary N) is 4. The minimum atomic E-state index is -4.51. The van der Waals surface area contributed by atoms with Crippen molar-refractivity contribution >= 4 is 64.7 Å². The lowest BCUT2D eigenvalue weighted by Crippen LogP contribution is -2.40. The third-order valence-corrected chi connectivity index (χ3v) is 14.2. The minimum absolute atomic E-state index is 0.0893. The highest BCUT2D eigenvalue weighted by atomic mass is 32.3. The van der Waals surface area contributed by atoms with Crippen LogP contribution in [-0.4, -0.2) is 74.5 Å². The summed E-state index contributed by atoms with van der Waals surface area (Å²) in [6.07, 6.45) is 1.76. The van der Waals surface area contributed by atoms with Gasteiger partial charge >= 0.3 is 5.97 Å². The number of benzene rings is 2. The molecule has 0 fully saturated rings. The molecule has 1 aromatic heterocycles. The Kier molecular flexibility index (Phi) is 12.9. The van der Waals surface area contributed by atoms with Gasteiger partial charge in [-0.1, -0.05) is 38.5 Å². The van der Waals surface area contributed by atoms with Crippen LogP contribution < -0.4 is 30.5 Å². The molecule has 278 valence electrons. The Labute approximate surface area is 300 Å². The Balaban J connectivity index is 1.42. The summed E-state index contributed by atoms with van der Waals surface area (Å²) in [5.41, 5.74) is 0.159. The summed E-state index contributed by atoms with van der Waals surface area (Å²) < 4.78 is 89.1. The molecule has 4 rings (SSSR count). The zero-order valence-electron chi connectivity index (χ0n) is 27.9. The lowest BCUT2D eigenvalue weighted by atomic mass is 10.1. The number of thiophene rings is 1. The number of anilines is 1. The smallest absolute Gasteiger partial charge is 0.338 e. The van der Waals surface area contributed by atoms with Gasteiger partial charge in [-0.25, -0.2) is 39.9 Å². The van der Waals surface area contributed by atoms with Crippen molar-refractivity contribution in [2.45, 2.75) is 64.6 Å². The maximum atomic E-state index is 13.0. The molecule has 0 aliphatic carbocycles. The number of primary sulfonamides is 1. The predicted molar refractivity (Wildman–Crippen MR) is 188 cm³/mol. The van der Waals surface area contributed by atoms with E-state index in [0.29, 0.717) is 42.2 Å². The number of ether oxygens (including phenoxy) is 2. The Morgan fingerprint density at radius 3 is 2.37 bits per heavy atom. The second-order valence-electron chi connectivity index (χ2n) is 11.5. The first-order chi connectivity index (χ1) is 24.0. The first-order valence-electron chi connectivity index (χ1n) is 15.8. The summed E-state index contributed by atoms with van der Waals surface area (Å²) in [7, 11) is -12.7. The standard InChI is InChI=1S/C31H39N5O11S4/c1-4-6-12-34-24-14-20(15-25(50(32,42)43)29(24)47-21-10-8-7-9-11-21)30(39)46-18-27(38)35-17-26(37)36-51(44,45)28-16-22-23(33-5-2)13-19(3)49(40,41)31(22)48-28/h7-11,14-16,19,23,33-34H,4-6,12-13,17-18H2,1-3H3,(H,35,38)(H,36,37)(H2,32,42,43)/t19-,23-/m0/s1. The number of para-hydroxylation sites is 1. The number of amides is 2. The van der Waals surface area contributed by atoms with Crippen molar-refractivity contribution in [1.29, 1.82) is 0 Å².